The number of hydrogen-bond acceptors (Lipinski definition) is 2. The Morgan fingerprint density at radius 2 is 1.73 bits per heavy atom. The van der Waals surface area contributed by atoms with Crippen molar-refractivity contribution in [1.29, 1.82) is 0 Å². The van der Waals surface area contributed by atoms with Gasteiger partial charge in [0.1, 0.15) is 6.04 Å². The summed E-state index contributed by atoms with van der Waals surface area (Å²) in [7, 11) is 0. The number of carbonyl (C=O) groups excluding carboxylic acids is 2. The van der Waals surface area contributed by atoms with Crippen molar-refractivity contribution in [2.75, 3.05) is 13.1 Å². The highest BCUT2D eigenvalue weighted by Crippen LogP contribution is 2.23. The molecular weight excluding hydrogens is 276 g/mol. The third kappa shape index (κ3) is 3.67. The molecule has 2 rings (SSSR count). The normalized spacial score (nSPS) is 16.5. The Hall–Kier alpha value is -1.84. The molecule has 1 aliphatic rings. The largest absolute Gasteiger partial charge is 0.341 e. The standard InChI is InChI=1S/C18H26N2O2/c1-13-9-5-6-10-14(13)16(21)19-15(18(2,3)4)17(22)20-11-7-8-12-20/h5-6,9-10,15H,7-8,11-12H2,1-4H3,(H,19,21)/t15-/m1/s1. The summed E-state index contributed by atoms with van der Waals surface area (Å²) in [6, 6.07) is 6.95. The summed E-state index contributed by atoms with van der Waals surface area (Å²) in [6.45, 7) is 9.47. The van der Waals surface area contributed by atoms with Gasteiger partial charge in [-0.25, -0.2) is 0 Å². The molecule has 0 aromatic heterocycles. The van der Waals surface area contributed by atoms with E-state index in [0.717, 1.165) is 31.5 Å². The van der Waals surface area contributed by atoms with Gasteiger partial charge < -0.3 is 10.2 Å². The van der Waals surface area contributed by atoms with Crippen molar-refractivity contribution in [1.82, 2.24) is 10.2 Å². The second-order valence-corrected chi connectivity index (χ2v) is 7.12. The van der Waals surface area contributed by atoms with Crippen LogP contribution in [0.4, 0.5) is 0 Å². The predicted octanol–water partition coefficient (Wildman–Crippen LogP) is 2.76. The molecule has 2 amide bonds. The van der Waals surface area contributed by atoms with Crippen LogP contribution in [0.15, 0.2) is 24.3 Å². The van der Waals surface area contributed by atoms with E-state index in [-0.39, 0.29) is 17.2 Å². The first-order valence-electron chi connectivity index (χ1n) is 7.96. The van der Waals surface area contributed by atoms with Crippen molar-refractivity contribution in [3.63, 3.8) is 0 Å². The maximum atomic E-state index is 12.8. The van der Waals surface area contributed by atoms with Gasteiger partial charge in [0.2, 0.25) is 5.91 Å². The topological polar surface area (TPSA) is 49.4 Å². The maximum absolute atomic E-state index is 12.8. The number of benzene rings is 1. The summed E-state index contributed by atoms with van der Waals surface area (Å²) in [5, 5.41) is 2.96. The second-order valence-electron chi connectivity index (χ2n) is 7.12. The van der Waals surface area contributed by atoms with Crippen LogP contribution >= 0.6 is 0 Å². The number of aryl methyl sites for hydroxylation is 1. The van der Waals surface area contributed by atoms with Crippen molar-refractivity contribution in [3.8, 4) is 0 Å². The second kappa shape index (κ2) is 6.51. The summed E-state index contributed by atoms with van der Waals surface area (Å²) in [5.74, 6) is -0.141. The Morgan fingerprint density at radius 1 is 1.14 bits per heavy atom. The van der Waals surface area contributed by atoms with Crippen LogP contribution in [0, 0.1) is 12.3 Å². The fraction of sp³-hybridized carbons (Fsp3) is 0.556. The van der Waals surface area contributed by atoms with Gasteiger partial charge in [0, 0.05) is 18.7 Å². The lowest BCUT2D eigenvalue weighted by atomic mass is 9.85. The lowest BCUT2D eigenvalue weighted by Crippen LogP contribution is -2.54. The van der Waals surface area contributed by atoms with Crippen LogP contribution in [0.1, 0.15) is 49.5 Å². The fourth-order valence-corrected chi connectivity index (χ4v) is 2.81. The number of carbonyl (C=O) groups is 2. The molecule has 120 valence electrons. The SMILES string of the molecule is Cc1ccccc1C(=O)N[C@H](C(=O)N1CCCC1)C(C)(C)C. The molecule has 1 aromatic carbocycles. The first kappa shape index (κ1) is 16.5. The van der Waals surface area contributed by atoms with Crippen LogP contribution in [-0.2, 0) is 4.79 Å². The Bertz CT molecular complexity index is 554. The molecule has 1 aromatic rings. The van der Waals surface area contributed by atoms with Gasteiger partial charge in [-0.15, -0.1) is 0 Å². The minimum absolute atomic E-state index is 0.0342. The van der Waals surface area contributed by atoms with Crippen molar-refractivity contribution in [2.45, 2.75) is 46.6 Å². The summed E-state index contributed by atoms with van der Waals surface area (Å²) in [4.78, 5) is 27.2. The summed E-state index contributed by atoms with van der Waals surface area (Å²) < 4.78 is 0. The van der Waals surface area contributed by atoms with Crippen LogP contribution in [0.2, 0.25) is 0 Å². The van der Waals surface area contributed by atoms with E-state index in [1.54, 1.807) is 6.07 Å². The minimum atomic E-state index is -0.502. The summed E-state index contributed by atoms with van der Waals surface area (Å²) >= 11 is 0. The molecule has 1 atom stereocenters. The Kier molecular flexibility index (Phi) is 4.89. The zero-order valence-corrected chi connectivity index (χ0v) is 14.0. The molecule has 1 aliphatic heterocycles. The molecule has 0 saturated carbocycles. The maximum Gasteiger partial charge on any atom is 0.252 e. The molecule has 0 unspecified atom stereocenters. The van der Waals surface area contributed by atoms with E-state index < -0.39 is 6.04 Å². The number of amides is 2. The van der Waals surface area contributed by atoms with Gasteiger partial charge in [-0.3, -0.25) is 9.59 Å². The minimum Gasteiger partial charge on any atom is -0.341 e. The molecule has 22 heavy (non-hydrogen) atoms. The van der Waals surface area contributed by atoms with Gasteiger partial charge in [-0.2, -0.15) is 0 Å². The summed E-state index contributed by atoms with van der Waals surface area (Å²) in [5.41, 5.74) is 1.23. The van der Waals surface area contributed by atoms with Crippen molar-refractivity contribution in [3.05, 3.63) is 35.4 Å². The smallest absolute Gasteiger partial charge is 0.252 e. The molecule has 1 N–H and O–H groups in total. The molecule has 1 heterocycles. The van der Waals surface area contributed by atoms with E-state index in [9.17, 15) is 9.59 Å². The van der Waals surface area contributed by atoms with Crippen LogP contribution < -0.4 is 5.32 Å². The Labute approximate surface area is 132 Å². The van der Waals surface area contributed by atoms with Crippen LogP contribution in [0.5, 0.6) is 0 Å². The van der Waals surface area contributed by atoms with E-state index in [4.69, 9.17) is 0 Å². The lowest BCUT2D eigenvalue weighted by Gasteiger charge is -2.33. The number of rotatable bonds is 3. The van der Waals surface area contributed by atoms with Crippen LogP contribution in [-0.4, -0.2) is 35.8 Å². The van der Waals surface area contributed by atoms with E-state index in [0.29, 0.717) is 5.56 Å². The fourth-order valence-electron chi connectivity index (χ4n) is 2.81. The zero-order chi connectivity index (χ0) is 16.3. The molecule has 1 saturated heterocycles. The Morgan fingerprint density at radius 3 is 2.27 bits per heavy atom. The zero-order valence-electron chi connectivity index (χ0n) is 14.0. The lowest BCUT2D eigenvalue weighted by molar-refractivity contribution is -0.134. The van der Waals surface area contributed by atoms with Crippen LogP contribution in [0.25, 0.3) is 0 Å². The van der Waals surface area contributed by atoms with Gasteiger partial charge in [-0.05, 0) is 36.8 Å². The van der Waals surface area contributed by atoms with Gasteiger partial charge >= 0.3 is 0 Å². The quantitative estimate of drug-likeness (QED) is 0.933. The molecular formula is C18H26N2O2. The number of likely N-dealkylation sites (tertiary alicyclic amines) is 1. The Balaban J connectivity index is 2.18. The molecule has 0 bridgehead atoms. The van der Waals surface area contributed by atoms with E-state index >= 15 is 0 Å². The molecule has 0 radical (unpaired) electrons. The number of hydrogen-bond donors (Lipinski definition) is 1. The van der Waals surface area contributed by atoms with Gasteiger partial charge in [0.15, 0.2) is 0 Å². The highest BCUT2D eigenvalue weighted by molar-refractivity contribution is 5.98. The first-order valence-corrected chi connectivity index (χ1v) is 7.96. The van der Waals surface area contributed by atoms with Crippen LogP contribution in [0.3, 0.4) is 0 Å². The highest BCUT2D eigenvalue weighted by Gasteiger charge is 2.36. The van der Waals surface area contributed by atoms with Gasteiger partial charge in [-0.1, -0.05) is 39.0 Å². The van der Waals surface area contributed by atoms with Gasteiger partial charge in [0.25, 0.3) is 5.91 Å². The van der Waals surface area contributed by atoms with Crippen molar-refractivity contribution in [2.24, 2.45) is 5.41 Å². The van der Waals surface area contributed by atoms with E-state index in [2.05, 4.69) is 5.32 Å². The molecule has 4 heteroatoms. The third-order valence-electron chi connectivity index (χ3n) is 4.20. The third-order valence-corrected chi connectivity index (χ3v) is 4.20. The monoisotopic (exact) mass is 302 g/mol. The van der Waals surface area contributed by atoms with Gasteiger partial charge in [0.05, 0.1) is 0 Å². The number of nitrogens with one attached hydrogen (secondary N) is 1. The average Bonchev–Trinajstić information content (AvgIpc) is 2.97. The summed E-state index contributed by atoms with van der Waals surface area (Å²) in [6.07, 6.45) is 2.10. The molecule has 1 fully saturated rings. The average molecular weight is 302 g/mol. The number of nitrogens with zero attached hydrogens (tertiary/aromatic N) is 1. The van der Waals surface area contributed by atoms with Crippen molar-refractivity contribution >= 4 is 11.8 Å². The highest BCUT2D eigenvalue weighted by atomic mass is 16.2. The molecule has 0 spiro atoms. The molecule has 0 aliphatic carbocycles. The van der Waals surface area contributed by atoms with E-state index in [1.807, 2.05) is 50.8 Å². The van der Waals surface area contributed by atoms with Crippen molar-refractivity contribution < 1.29 is 9.59 Å². The van der Waals surface area contributed by atoms with E-state index in [1.165, 1.54) is 0 Å². The molecule has 4 nitrogen and oxygen atoms in total. The predicted molar refractivity (Wildman–Crippen MR) is 87.7 cm³/mol. The first-order chi connectivity index (χ1) is 10.3.